The van der Waals surface area contributed by atoms with Crippen molar-refractivity contribution in [1.29, 1.82) is 0 Å². The zero-order chi connectivity index (χ0) is 14.7. The van der Waals surface area contributed by atoms with Gasteiger partial charge in [0.1, 0.15) is 0 Å². The molecule has 0 saturated carbocycles. The Labute approximate surface area is 123 Å². The number of pyridine rings is 1. The van der Waals surface area contributed by atoms with Crippen LogP contribution in [0, 0.1) is 6.92 Å². The summed E-state index contributed by atoms with van der Waals surface area (Å²) in [6, 6.07) is 9.83. The lowest BCUT2D eigenvalue weighted by Gasteiger charge is -2.11. The molecular weight excluding hydrogens is 262 g/mol. The molecule has 5 nitrogen and oxygen atoms in total. The largest absolute Gasteiger partial charge is 0.399 e. The molecule has 0 saturated heterocycles. The number of hydrogen-bond donors (Lipinski definition) is 2. The summed E-state index contributed by atoms with van der Waals surface area (Å²) in [5, 5.41) is 8.75. The van der Waals surface area contributed by atoms with Gasteiger partial charge in [0.05, 0.1) is 5.52 Å². The predicted octanol–water partition coefficient (Wildman–Crippen LogP) is 2.82. The third kappa shape index (κ3) is 3.13. The summed E-state index contributed by atoms with van der Waals surface area (Å²) in [6.07, 6.45) is 4.79. The van der Waals surface area contributed by atoms with Gasteiger partial charge in [-0.1, -0.05) is 0 Å². The van der Waals surface area contributed by atoms with Gasteiger partial charge in [0.2, 0.25) is 0 Å². The van der Waals surface area contributed by atoms with E-state index in [1.807, 2.05) is 42.1 Å². The number of aromatic nitrogens is 3. The Hall–Kier alpha value is -2.56. The van der Waals surface area contributed by atoms with E-state index < -0.39 is 0 Å². The van der Waals surface area contributed by atoms with Crippen LogP contribution in [0.25, 0.3) is 10.9 Å². The molecule has 2 heterocycles. The number of nitrogens with one attached hydrogen (secondary N) is 1. The number of benzene rings is 1. The van der Waals surface area contributed by atoms with Crippen LogP contribution in [-0.2, 0) is 6.54 Å². The highest BCUT2D eigenvalue weighted by Gasteiger charge is 2.04. The Balaban J connectivity index is 1.72. The standard InChI is InChI=1S/C16H19N5/c1-12-10-16(14-11-13(17)4-5-15(14)20-12)18-6-2-8-21-9-3-7-19-21/h3-5,7,9-11H,2,6,8,17H2,1H3,(H,18,20). The predicted molar refractivity (Wildman–Crippen MR) is 86.2 cm³/mol. The number of nitrogens with two attached hydrogens (primary N) is 1. The molecule has 21 heavy (non-hydrogen) atoms. The number of nitrogen functional groups attached to an aromatic ring is 1. The van der Waals surface area contributed by atoms with Gasteiger partial charge in [-0.05, 0) is 43.7 Å². The summed E-state index contributed by atoms with van der Waals surface area (Å²) in [4.78, 5) is 4.54. The molecule has 5 heteroatoms. The third-order valence-corrected chi connectivity index (χ3v) is 3.40. The van der Waals surface area contributed by atoms with Crippen molar-refractivity contribution in [3.63, 3.8) is 0 Å². The van der Waals surface area contributed by atoms with Gasteiger partial charge in [0.25, 0.3) is 0 Å². The maximum Gasteiger partial charge on any atom is 0.0727 e. The van der Waals surface area contributed by atoms with Crippen molar-refractivity contribution in [3.8, 4) is 0 Å². The Bertz CT molecular complexity index is 734. The minimum atomic E-state index is 0.757. The highest BCUT2D eigenvalue weighted by atomic mass is 15.3. The van der Waals surface area contributed by atoms with Crippen LogP contribution in [0.1, 0.15) is 12.1 Å². The summed E-state index contributed by atoms with van der Waals surface area (Å²) >= 11 is 0. The molecule has 0 fully saturated rings. The van der Waals surface area contributed by atoms with Gasteiger partial charge in [-0.3, -0.25) is 9.67 Å². The van der Waals surface area contributed by atoms with E-state index in [-0.39, 0.29) is 0 Å². The first-order chi connectivity index (χ1) is 10.2. The van der Waals surface area contributed by atoms with Gasteiger partial charge in [-0.15, -0.1) is 0 Å². The summed E-state index contributed by atoms with van der Waals surface area (Å²) in [6.45, 7) is 3.79. The van der Waals surface area contributed by atoms with Crippen LogP contribution in [0.3, 0.4) is 0 Å². The average Bonchev–Trinajstić information content (AvgIpc) is 2.97. The van der Waals surface area contributed by atoms with Gasteiger partial charge < -0.3 is 11.1 Å². The average molecular weight is 281 g/mol. The molecule has 3 rings (SSSR count). The summed E-state index contributed by atoms with van der Waals surface area (Å²) in [5.41, 5.74) is 9.70. The second kappa shape index (κ2) is 5.83. The van der Waals surface area contributed by atoms with Crippen molar-refractivity contribution in [2.75, 3.05) is 17.6 Å². The Morgan fingerprint density at radius 3 is 3.00 bits per heavy atom. The van der Waals surface area contributed by atoms with E-state index in [2.05, 4.69) is 21.5 Å². The molecule has 1 aromatic carbocycles. The molecule has 0 aliphatic carbocycles. The van der Waals surface area contributed by atoms with E-state index in [9.17, 15) is 0 Å². The van der Waals surface area contributed by atoms with Crippen LogP contribution in [0.2, 0.25) is 0 Å². The maximum absolute atomic E-state index is 5.88. The normalized spacial score (nSPS) is 10.9. The van der Waals surface area contributed by atoms with E-state index in [0.29, 0.717) is 0 Å². The molecule has 3 N–H and O–H groups in total. The second-order valence-electron chi connectivity index (χ2n) is 5.14. The van der Waals surface area contributed by atoms with Gasteiger partial charge in [0, 0.05) is 47.9 Å². The van der Waals surface area contributed by atoms with Crippen molar-refractivity contribution < 1.29 is 0 Å². The molecule has 0 amide bonds. The van der Waals surface area contributed by atoms with E-state index in [4.69, 9.17) is 5.73 Å². The Kier molecular flexibility index (Phi) is 3.73. The van der Waals surface area contributed by atoms with Crippen molar-refractivity contribution in [3.05, 3.63) is 48.4 Å². The highest BCUT2D eigenvalue weighted by Crippen LogP contribution is 2.25. The van der Waals surface area contributed by atoms with Gasteiger partial charge in [0.15, 0.2) is 0 Å². The molecule has 108 valence electrons. The first-order valence-corrected chi connectivity index (χ1v) is 7.10. The van der Waals surface area contributed by atoms with Crippen molar-refractivity contribution in [1.82, 2.24) is 14.8 Å². The minimum Gasteiger partial charge on any atom is -0.399 e. The Morgan fingerprint density at radius 2 is 2.19 bits per heavy atom. The zero-order valence-electron chi connectivity index (χ0n) is 12.1. The first kappa shape index (κ1) is 13.4. The fourth-order valence-corrected chi connectivity index (χ4v) is 2.42. The molecule has 0 unspecified atom stereocenters. The van der Waals surface area contributed by atoms with Crippen LogP contribution >= 0.6 is 0 Å². The Morgan fingerprint density at radius 1 is 1.29 bits per heavy atom. The van der Waals surface area contributed by atoms with Crippen molar-refractivity contribution >= 4 is 22.3 Å². The molecule has 3 aromatic rings. The molecule has 0 aliphatic rings. The van der Waals surface area contributed by atoms with Crippen molar-refractivity contribution in [2.45, 2.75) is 19.9 Å². The number of anilines is 2. The van der Waals surface area contributed by atoms with Gasteiger partial charge in [-0.2, -0.15) is 5.10 Å². The smallest absolute Gasteiger partial charge is 0.0727 e. The zero-order valence-corrected chi connectivity index (χ0v) is 12.1. The molecule has 0 atom stereocenters. The van der Waals surface area contributed by atoms with Crippen LogP contribution in [-0.4, -0.2) is 21.3 Å². The molecule has 2 aromatic heterocycles. The van der Waals surface area contributed by atoms with Crippen LogP contribution in [0.5, 0.6) is 0 Å². The van der Waals surface area contributed by atoms with E-state index in [0.717, 1.165) is 47.5 Å². The molecule has 0 aliphatic heterocycles. The van der Waals surface area contributed by atoms with E-state index >= 15 is 0 Å². The lowest BCUT2D eigenvalue weighted by molar-refractivity contribution is 0.592. The van der Waals surface area contributed by atoms with Gasteiger partial charge >= 0.3 is 0 Å². The minimum absolute atomic E-state index is 0.757. The lowest BCUT2D eigenvalue weighted by Crippen LogP contribution is -2.08. The number of rotatable bonds is 5. The van der Waals surface area contributed by atoms with Crippen LogP contribution in [0.15, 0.2) is 42.7 Å². The van der Waals surface area contributed by atoms with Crippen molar-refractivity contribution in [2.24, 2.45) is 0 Å². The summed E-state index contributed by atoms with van der Waals surface area (Å²) in [5.74, 6) is 0. The van der Waals surface area contributed by atoms with Crippen LogP contribution in [0.4, 0.5) is 11.4 Å². The summed E-state index contributed by atoms with van der Waals surface area (Å²) < 4.78 is 1.94. The topological polar surface area (TPSA) is 68.8 Å². The van der Waals surface area contributed by atoms with E-state index in [1.54, 1.807) is 6.20 Å². The fourth-order valence-electron chi connectivity index (χ4n) is 2.42. The SMILES string of the molecule is Cc1cc(NCCCn2cccn2)c2cc(N)ccc2n1. The first-order valence-electron chi connectivity index (χ1n) is 7.10. The third-order valence-electron chi connectivity index (χ3n) is 3.40. The second-order valence-corrected chi connectivity index (χ2v) is 5.14. The molecule has 0 bridgehead atoms. The van der Waals surface area contributed by atoms with E-state index in [1.165, 1.54) is 0 Å². The maximum atomic E-state index is 5.88. The monoisotopic (exact) mass is 281 g/mol. The van der Waals surface area contributed by atoms with Gasteiger partial charge in [-0.25, -0.2) is 0 Å². The number of hydrogen-bond acceptors (Lipinski definition) is 4. The quantitative estimate of drug-likeness (QED) is 0.557. The molecular formula is C16H19N5. The summed E-state index contributed by atoms with van der Waals surface area (Å²) in [7, 11) is 0. The number of nitrogens with zero attached hydrogens (tertiary/aromatic N) is 3. The molecule has 0 spiro atoms. The highest BCUT2D eigenvalue weighted by molar-refractivity contribution is 5.93. The number of aryl methyl sites for hydroxylation is 2. The molecule has 0 radical (unpaired) electrons. The lowest BCUT2D eigenvalue weighted by atomic mass is 10.1. The van der Waals surface area contributed by atoms with Crippen LogP contribution < -0.4 is 11.1 Å². The fraction of sp³-hybridized carbons (Fsp3) is 0.250. The number of fused-ring (bicyclic) bond motifs is 1.